The molecule has 4 nitrogen and oxygen atoms in total. The molecule has 0 saturated carbocycles. The van der Waals surface area contributed by atoms with Crippen molar-refractivity contribution in [1.29, 1.82) is 10.7 Å². The molecule has 72 valence electrons. The zero-order valence-corrected chi connectivity index (χ0v) is 8.34. The Kier molecular flexibility index (Phi) is 3.95. The van der Waals surface area contributed by atoms with E-state index in [1.807, 2.05) is 12.1 Å². The molecule has 1 rings (SSSR count). The standard InChI is InChI=1S/C9H10N4S/c10-4-3-8-7(2-1-5-13-8)6-14-9(11)12/h1-2,5H,3,6H2,(H3,11,12). The van der Waals surface area contributed by atoms with E-state index >= 15 is 0 Å². The van der Waals surface area contributed by atoms with E-state index in [1.165, 1.54) is 11.8 Å². The minimum absolute atomic E-state index is 0.0803. The second-order valence-electron chi connectivity index (χ2n) is 2.60. The van der Waals surface area contributed by atoms with Crippen LogP contribution >= 0.6 is 11.8 Å². The van der Waals surface area contributed by atoms with Crippen LogP contribution in [-0.2, 0) is 12.2 Å². The summed E-state index contributed by atoms with van der Waals surface area (Å²) in [6, 6.07) is 5.77. The van der Waals surface area contributed by atoms with Crippen LogP contribution in [0.3, 0.4) is 0 Å². The lowest BCUT2D eigenvalue weighted by Crippen LogP contribution is -2.05. The second kappa shape index (κ2) is 5.25. The molecule has 1 heterocycles. The van der Waals surface area contributed by atoms with Crippen molar-refractivity contribution >= 4 is 16.9 Å². The van der Waals surface area contributed by atoms with E-state index in [9.17, 15) is 0 Å². The van der Waals surface area contributed by atoms with Crippen LogP contribution < -0.4 is 5.73 Å². The minimum atomic E-state index is 0.0803. The van der Waals surface area contributed by atoms with Crippen molar-refractivity contribution in [3.63, 3.8) is 0 Å². The highest BCUT2D eigenvalue weighted by atomic mass is 32.2. The smallest absolute Gasteiger partial charge is 0.151 e. The lowest BCUT2D eigenvalue weighted by Gasteiger charge is -2.03. The summed E-state index contributed by atoms with van der Waals surface area (Å²) in [6.45, 7) is 0. The van der Waals surface area contributed by atoms with E-state index in [-0.39, 0.29) is 5.17 Å². The topological polar surface area (TPSA) is 86.5 Å². The third-order valence-corrected chi connectivity index (χ3v) is 2.38. The van der Waals surface area contributed by atoms with Gasteiger partial charge in [-0.15, -0.1) is 0 Å². The molecule has 0 saturated heterocycles. The summed E-state index contributed by atoms with van der Waals surface area (Å²) in [7, 11) is 0. The molecule has 1 aromatic heterocycles. The first-order valence-corrected chi connectivity index (χ1v) is 4.99. The monoisotopic (exact) mass is 206 g/mol. The number of nitrogens with one attached hydrogen (secondary N) is 1. The quantitative estimate of drug-likeness (QED) is 0.576. The number of aromatic nitrogens is 1. The summed E-state index contributed by atoms with van der Waals surface area (Å²) in [6.07, 6.45) is 1.96. The van der Waals surface area contributed by atoms with Gasteiger partial charge in [0.2, 0.25) is 0 Å². The van der Waals surface area contributed by atoms with Gasteiger partial charge in [-0.3, -0.25) is 10.4 Å². The summed E-state index contributed by atoms with van der Waals surface area (Å²) in [5, 5.41) is 15.7. The van der Waals surface area contributed by atoms with Crippen LogP contribution in [-0.4, -0.2) is 10.2 Å². The lowest BCUT2D eigenvalue weighted by atomic mass is 10.2. The lowest BCUT2D eigenvalue weighted by molar-refractivity contribution is 1.07. The average molecular weight is 206 g/mol. The maximum atomic E-state index is 8.56. The highest BCUT2D eigenvalue weighted by molar-refractivity contribution is 8.13. The first-order chi connectivity index (χ1) is 6.74. The molecule has 0 aliphatic rings. The van der Waals surface area contributed by atoms with Gasteiger partial charge in [0, 0.05) is 11.9 Å². The van der Waals surface area contributed by atoms with E-state index in [2.05, 4.69) is 11.1 Å². The van der Waals surface area contributed by atoms with Crippen LogP contribution in [0.15, 0.2) is 18.3 Å². The predicted molar refractivity (Wildman–Crippen MR) is 56.8 cm³/mol. The molecule has 14 heavy (non-hydrogen) atoms. The van der Waals surface area contributed by atoms with Crippen LogP contribution in [0.2, 0.25) is 0 Å². The summed E-state index contributed by atoms with van der Waals surface area (Å²) in [5.74, 6) is 0.597. The maximum Gasteiger partial charge on any atom is 0.151 e. The number of nitriles is 1. The minimum Gasteiger partial charge on any atom is -0.379 e. The summed E-state index contributed by atoms with van der Waals surface area (Å²) in [4.78, 5) is 4.10. The predicted octanol–water partition coefficient (Wildman–Crippen LogP) is 1.27. The summed E-state index contributed by atoms with van der Waals surface area (Å²) < 4.78 is 0. The molecule has 0 spiro atoms. The molecule has 0 unspecified atom stereocenters. The molecule has 0 fully saturated rings. The molecule has 0 radical (unpaired) electrons. The summed E-state index contributed by atoms with van der Waals surface area (Å²) >= 11 is 1.24. The summed E-state index contributed by atoms with van der Waals surface area (Å²) in [5.41, 5.74) is 6.96. The average Bonchev–Trinajstić information content (AvgIpc) is 2.17. The normalized spacial score (nSPS) is 9.36. The van der Waals surface area contributed by atoms with Gasteiger partial charge in [-0.1, -0.05) is 17.8 Å². The van der Waals surface area contributed by atoms with Crippen molar-refractivity contribution in [1.82, 2.24) is 4.98 Å². The van der Waals surface area contributed by atoms with Gasteiger partial charge in [0.1, 0.15) is 0 Å². The van der Waals surface area contributed by atoms with Crippen molar-refractivity contribution in [2.75, 3.05) is 0 Å². The van der Waals surface area contributed by atoms with Gasteiger partial charge < -0.3 is 5.73 Å². The first-order valence-electron chi connectivity index (χ1n) is 4.00. The van der Waals surface area contributed by atoms with Crippen LogP contribution in [0.4, 0.5) is 0 Å². The number of amidine groups is 1. The number of rotatable bonds is 3. The van der Waals surface area contributed by atoms with Gasteiger partial charge in [-0.25, -0.2) is 0 Å². The molecular weight excluding hydrogens is 196 g/mol. The Morgan fingerprint density at radius 2 is 2.50 bits per heavy atom. The van der Waals surface area contributed by atoms with Gasteiger partial charge in [0.25, 0.3) is 0 Å². The third kappa shape index (κ3) is 3.07. The Morgan fingerprint density at radius 1 is 1.71 bits per heavy atom. The molecule has 5 heteroatoms. The number of nitrogens with two attached hydrogens (primary N) is 1. The van der Waals surface area contributed by atoms with Crippen LogP contribution in [0.5, 0.6) is 0 Å². The number of hydrogen-bond acceptors (Lipinski definition) is 4. The van der Waals surface area contributed by atoms with Gasteiger partial charge in [0.05, 0.1) is 18.2 Å². The zero-order valence-electron chi connectivity index (χ0n) is 7.53. The third-order valence-electron chi connectivity index (χ3n) is 1.61. The fourth-order valence-corrected chi connectivity index (χ4v) is 1.57. The fraction of sp³-hybridized carbons (Fsp3) is 0.222. The molecule has 0 aromatic carbocycles. The second-order valence-corrected chi connectivity index (χ2v) is 3.61. The number of nitrogens with zero attached hydrogens (tertiary/aromatic N) is 2. The fourth-order valence-electron chi connectivity index (χ4n) is 0.992. The SMILES string of the molecule is N#CCc1ncccc1CSC(=N)N. The van der Waals surface area contributed by atoms with E-state index in [1.54, 1.807) is 6.20 Å². The van der Waals surface area contributed by atoms with E-state index in [0.29, 0.717) is 12.2 Å². The number of hydrogen-bond donors (Lipinski definition) is 2. The molecule has 0 aliphatic carbocycles. The van der Waals surface area contributed by atoms with Crippen molar-refractivity contribution in [2.45, 2.75) is 12.2 Å². The van der Waals surface area contributed by atoms with Gasteiger partial charge >= 0.3 is 0 Å². The number of pyridine rings is 1. The maximum absolute atomic E-state index is 8.56. The largest absolute Gasteiger partial charge is 0.379 e. The van der Waals surface area contributed by atoms with Crippen molar-refractivity contribution in [3.8, 4) is 6.07 Å². The molecule has 1 aromatic rings. The molecule has 0 bridgehead atoms. The Labute approximate surface area is 86.7 Å². The molecular formula is C9H10N4S. The van der Waals surface area contributed by atoms with Gasteiger partial charge in [-0.2, -0.15) is 5.26 Å². The highest BCUT2D eigenvalue weighted by Gasteiger charge is 2.03. The van der Waals surface area contributed by atoms with E-state index in [4.69, 9.17) is 16.4 Å². The molecule has 0 aliphatic heterocycles. The van der Waals surface area contributed by atoms with Crippen molar-refractivity contribution < 1.29 is 0 Å². The Hall–Kier alpha value is -1.54. The van der Waals surface area contributed by atoms with Gasteiger partial charge in [-0.05, 0) is 11.6 Å². The molecule has 0 amide bonds. The van der Waals surface area contributed by atoms with Gasteiger partial charge in [0.15, 0.2) is 5.17 Å². The Bertz CT molecular complexity index is 369. The first kappa shape index (κ1) is 10.5. The number of thioether (sulfide) groups is 1. The van der Waals surface area contributed by atoms with Crippen LogP contribution in [0.25, 0.3) is 0 Å². The molecule has 0 atom stereocenters. The Morgan fingerprint density at radius 3 is 3.14 bits per heavy atom. The van der Waals surface area contributed by atoms with Crippen molar-refractivity contribution in [2.24, 2.45) is 5.73 Å². The van der Waals surface area contributed by atoms with Crippen LogP contribution in [0.1, 0.15) is 11.3 Å². The van der Waals surface area contributed by atoms with E-state index in [0.717, 1.165) is 11.3 Å². The molecule has 3 N–H and O–H groups in total. The Balaban J connectivity index is 2.74. The van der Waals surface area contributed by atoms with E-state index < -0.39 is 0 Å². The highest BCUT2D eigenvalue weighted by Crippen LogP contribution is 2.14. The van der Waals surface area contributed by atoms with Crippen molar-refractivity contribution in [3.05, 3.63) is 29.6 Å². The zero-order chi connectivity index (χ0) is 10.4. The van der Waals surface area contributed by atoms with Crippen LogP contribution in [0, 0.1) is 16.7 Å².